The molecule has 2 N–H and O–H groups in total. The molecule has 0 aliphatic carbocycles. The predicted octanol–water partition coefficient (Wildman–Crippen LogP) is 2.38. The molecule has 0 fully saturated rings. The number of hydrogen-bond acceptors (Lipinski definition) is 6. The molecule has 8 nitrogen and oxygen atoms in total. The van der Waals surface area contributed by atoms with Crippen LogP contribution in [0.3, 0.4) is 0 Å². The van der Waals surface area contributed by atoms with E-state index in [-0.39, 0.29) is 5.56 Å². The van der Waals surface area contributed by atoms with Crippen LogP contribution in [-0.4, -0.2) is 29.3 Å². The summed E-state index contributed by atoms with van der Waals surface area (Å²) in [6.07, 6.45) is 1.13. The topological polar surface area (TPSA) is 114 Å². The number of nitro groups is 1. The summed E-state index contributed by atoms with van der Waals surface area (Å²) >= 11 is 0. The summed E-state index contributed by atoms with van der Waals surface area (Å²) in [7, 11) is 1.45. The zero-order valence-electron chi connectivity index (χ0n) is 13.0. The van der Waals surface area contributed by atoms with E-state index in [1.165, 1.54) is 25.3 Å². The maximum Gasteiger partial charge on any atom is 0.311 e. The molecule has 0 heterocycles. The molecule has 0 aliphatic heterocycles. The molecule has 0 spiro atoms. The molecule has 2 rings (SSSR count). The number of carbonyl (C=O) groups excluding carboxylic acids is 1. The highest BCUT2D eigenvalue weighted by Crippen LogP contribution is 2.27. The Hall–Kier alpha value is -3.42. The Morgan fingerprint density at radius 2 is 2.12 bits per heavy atom. The molecule has 8 heteroatoms. The second-order valence-electron chi connectivity index (χ2n) is 4.87. The summed E-state index contributed by atoms with van der Waals surface area (Å²) in [4.78, 5) is 22.2. The third-order valence-corrected chi connectivity index (χ3v) is 3.21. The van der Waals surface area contributed by atoms with Crippen molar-refractivity contribution in [3.63, 3.8) is 0 Å². The first-order chi connectivity index (χ1) is 11.4. The number of para-hydroxylation sites is 1. The smallest absolute Gasteiger partial charge is 0.311 e. The van der Waals surface area contributed by atoms with Crippen LogP contribution in [0.25, 0.3) is 0 Å². The summed E-state index contributed by atoms with van der Waals surface area (Å²) in [5.41, 5.74) is 3.19. The van der Waals surface area contributed by atoms with Gasteiger partial charge in [-0.2, -0.15) is 5.10 Å². The van der Waals surface area contributed by atoms with Gasteiger partial charge in [-0.25, -0.2) is 5.43 Å². The number of hydrazone groups is 1. The van der Waals surface area contributed by atoms with Gasteiger partial charge in [0.1, 0.15) is 5.75 Å². The minimum Gasteiger partial charge on any atom is -0.502 e. The first kappa shape index (κ1) is 16.9. The molecule has 124 valence electrons. The molecule has 0 unspecified atom stereocenters. The number of carbonyl (C=O) groups is 1. The van der Waals surface area contributed by atoms with Crippen molar-refractivity contribution >= 4 is 17.8 Å². The average Bonchev–Trinajstić information content (AvgIpc) is 2.55. The lowest BCUT2D eigenvalue weighted by atomic mass is 10.1. The Morgan fingerprint density at radius 3 is 2.79 bits per heavy atom. The number of amides is 1. The van der Waals surface area contributed by atoms with E-state index in [9.17, 15) is 20.0 Å². The van der Waals surface area contributed by atoms with Crippen LogP contribution < -0.4 is 10.2 Å². The normalized spacial score (nSPS) is 10.6. The Kier molecular flexibility index (Phi) is 5.10. The third kappa shape index (κ3) is 3.67. The van der Waals surface area contributed by atoms with E-state index in [2.05, 4.69) is 10.5 Å². The summed E-state index contributed by atoms with van der Waals surface area (Å²) in [5, 5.41) is 24.3. The van der Waals surface area contributed by atoms with Crippen molar-refractivity contribution in [1.82, 2.24) is 5.43 Å². The van der Waals surface area contributed by atoms with Crippen molar-refractivity contribution < 1.29 is 19.6 Å². The van der Waals surface area contributed by atoms with E-state index in [1.807, 2.05) is 6.92 Å². The lowest BCUT2D eigenvalue weighted by Gasteiger charge is -2.07. The van der Waals surface area contributed by atoms with Crippen LogP contribution in [-0.2, 0) is 0 Å². The van der Waals surface area contributed by atoms with Gasteiger partial charge in [0.05, 0.1) is 23.8 Å². The van der Waals surface area contributed by atoms with Crippen LogP contribution in [0, 0.1) is 17.0 Å². The number of nitrogens with zero attached hydrogens (tertiary/aromatic N) is 2. The molecule has 0 aliphatic rings. The first-order valence-corrected chi connectivity index (χ1v) is 6.88. The van der Waals surface area contributed by atoms with Gasteiger partial charge in [0.15, 0.2) is 0 Å². The molecular weight excluding hydrogens is 314 g/mol. The van der Waals surface area contributed by atoms with Gasteiger partial charge in [-0.1, -0.05) is 12.1 Å². The number of ether oxygens (including phenoxy) is 1. The molecule has 0 saturated carbocycles. The third-order valence-electron chi connectivity index (χ3n) is 3.21. The number of rotatable bonds is 5. The first-order valence-electron chi connectivity index (χ1n) is 6.88. The Bertz CT molecular complexity index is 817. The fourth-order valence-electron chi connectivity index (χ4n) is 2.01. The highest BCUT2D eigenvalue weighted by molar-refractivity contribution is 5.97. The van der Waals surface area contributed by atoms with Gasteiger partial charge in [0.2, 0.25) is 5.75 Å². The Morgan fingerprint density at radius 1 is 1.38 bits per heavy atom. The molecular formula is C16H15N3O5. The maximum absolute atomic E-state index is 12.1. The largest absolute Gasteiger partial charge is 0.502 e. The van der Waals surface area contributed by atoms with Crippen LogP contribution in [0.5, 0.6) is 11.5 Å². The summed E-state index contributed by atoms with van der Waals surface area (Å²) in [6.45, 7) is 1.87. The average molecular weight is 329 g/mol. The second-order valence-corrected chi connectivity index (χ2v) is 4.87. The zero-order valence-corrected chi connectivity index (χ0v) is 13.0. The van der Waals surface area contributed by atoms with Crippen molar-refractivity contribution in [2.45, 2.75) is 6.92 Å². The Labute approximate surface area is 137 Å². The number of aromatic hydroxyl groups is 1. The van der Waals surface area contributed by atoms with E-state index in [1.54, 1.807) is 18.2 Å². The maximum atomic E-state index is 12.1. The van der Waals surface area contributed by atoms with E-state index < -0.39 is 22.3 Å². The molecule has 2 aromatic rings. The fraction of sp³-hybridized carbons (Fsp3) is 0.125. The SMILES string of the molecule is COc1cc(C)ccc1C(=O)N/N=C\c1cccc([N+](=O)[O-])c1O. The quantitative estimate of drug-likeness (QED) is 0.496. The number of benzene rings is 2. The summed E-state index contributed by atoms with van der Waals surface area (Å²) < 4.78 is 5.15. The van der Waals surface area contributed by atoms with Gasteiger partial charge in [-0.15, -0.1) is 0 Å². The second kappa shape index (κ2) is 7.23. The Balaban J connectivity index is 2.16. The molecule has 1 amide bonds. The lowest BCUT2D eigenvalue weighted by molar-refractivity contribution is -0.385. The monoisotopic (exact) mass is 329 g/mol. The van der Waals surface area contributed by atoms with Crippen molar-refractivity contribution in [2.75, 3.05) is 7.11 Å². The van der Waals surface area contributed by atoms with Gasteiger partial charge >= 0.3 is 5.69 Å². The molecule has 0 saturated heterocycles. The number of aryl methyl sites for hydroxylation is 1. The van der Waals surface area contributed by atoms with Crippen LogP contribution in [0.2, 0.25) is 0 Å². The number of nitro benzene ring substituents is 1. The van der Waals surface area contributed by atoms with Crippen molar-refractivity contribution in [3.05, 3.63) is 63.2 Å². The fourth-order valence-corrected chi connectivity index (χ4v) is 2.01. The number of nitrogens with one attached hydrogen (secondary N) is 1. The van der Waals surface area contributed by atoms with E-state index >= 15 is 0 Å². The van der Waals surface area contributed by atoms with E-state index in [0.29, 0.717) is 11.3 Å². The van der Waals surface area contributed by atoms with Gasteiger partial charge in [-0.05, 0) is 30.7 Å². The van der Waals surface area contributed by atoms with E-state index in [0.717, 1.165) is 11.8 Å². The minimum atomic E-state index is -0.706. The molecule has 2 aromatic carbocycles. The van der Waals surface area contributed by atoms with Crippen LogP contribution >= 0.6 is 0 Å². The molecule has 0 radical (unpaired) electrons. The van der Waals surface area contributed by atoms with Crippen LogP contribution in [0.4, 0.5) is 5.69 Å². The van der Waals surface area contributed by atoms with Crippen molar-refractivity contribution in [2.24, 2.45) is 5.10 Å². The predicted molar refractivity (Wildman–Crippen MR) is 87.6 cm³/mol. The number of methoxy groups -OCH3 is 1. The van der Waals surface area contributed by atoms with Crippen LogP contribution in [0.1, 0.15) is 21.5 Å². The van der Waals surface area contributed by atoms with Gasteiger partial charge in [0, 0.05) is 11.6 Å². The lowest BCUT2D eigenvalue weighted by Crippen LogP contribution is -2.18. The molecule has 0 atom stereocenters. The number of phenols is 1. The van der Waals surface area contributed by atoms with Gasteiger partial charge in [-0.3, -0.25) is 14.9 Å². The van der Waals surface area contributed by atoms with Crippen molar-refractivity contribution in [3.8, 4) is 11.5 Å². The summed E-state index contributed by atoms with van der Waals surface area (Å²) in [6, 6.07) is 9.08. The van der Waals surface area contributed by atoms with Crippen LogP contribution in [0.15, 0.2) is 41.5 Å². The summed E-state index contributed by atoms with van der Waals surface area (Å²) in [5.74, 6) is -0.623. The highest BCUT2D eigenvalue weighted by atomic mass is 16.6. The van der Waals surface area contributed by atoms with Gasteiger partial charge < -0.3 is 9.84 Å². The standard InChI is InChI=1S/C16H15N3O5/c1-10-6-7-12(14(8-10)24-2)16(21)18-17-9-11-4-3-5-13(15(11)20)19(22)23/h3-9,20H,1-2H3,(H,18,21)/b17-9-. The minimum absolute atomic E-state index is 0.111. The highest BCUT2D eigenvalue weighted by Gasteiger charge is 2.15. The number of hydrogen-bond donors (Lipinski definition) is 2. The molecule has 24 heavy (non-hydrogen) atoms. The van der Waals surface area contributed by atoms with Crippen molar-refractivity contribution in [1.29, 1.82) is 0 Å². The molecule has 0 aromatic heterocycles. The number of phenolic OH excluding ortho intramolecular Hbond substituents is 1. The molecule has 0 bridgehead atoms. The van der Waals surface area contributed by atoms with Gasteiger partial charge in [0.25, 0.3) is 5.91 Å². The van der Waals surface area contributed by atoms with E-state index in [4.69, 9.17) is 4.74 Å². The zero-order chi connectivity index (χ0) is 17.7.